The van der Waals surface area contributed by atoms with Gasteiger partial charge in [-0.1, -0.05) is 92.4 Å². The van der Waals surface area contributed by atoms with Gasteiger partial charge in [0.25, 0.3) is 0 Å². The van der Waals surface area contributed by atoms with Crippen molar-refractivity contribution in [1.82, 2.24) is 0 Å². The van der Waals surface area contributed by atoms with Gasteiger partial charge in [-0.3, -0.25) is 9.59 Å². The van der Waals surface area contributed by atoms with Crippen LogP contribution in [-0.4, -0.2) is 47.7 Å². The fraction of sp³-hybridized carbons (Fsp3) is 0.818. The van der Waals surface area contributed by atoms with Crippen molar-refractivity contribution in [3.8, 4) is 0 Å². The summed E-state index contributed by atoms with van der Waals surface area (Å²) in [4.78, 5) is 24.7. The lowest BCUT2D eigenvalue weighted by molar-refractivity contribution is -0.140. The molecule has 0 aliphatic heterocycles. The van der Waals surface area contributed by atoms with Gasteiger partial charge in [0.1, 0.15) is 0 Å². The van der Waals surface area contributed by atoms with Crippen LogP contribution in [0.15, 0.2) is 23.8 Å². The Kier molecular flexibility index (Phi) is 14.8. The summed E-state index contributed by atoms with van der Waals surface area (Å²) in [5, 5.41) is 0.213. The topological polar surface area (TPSA) is 61.8 Å². The molecule has 0 spiro atoms. The molecule has 0 bridgehead atoms. The maximum absolute atomic E-state index is 13.3. The first kappa shape index (κ1) is 37.0. The van der Waals surface area contributed by atoms with Crippen molar-refractivity contribution in [3.63, 3.8) is 0 Å². The van der Waals surface area contributed by atoms with Gasteiger partial charge < -0.3 is 13.6 Å². The van der Waals surface area contributed by atoms with Crippen molar-refractivity contribution < 1.29 is 23.2 Å². The summed E-state index contributed by atoms with van der Waals surface area (Å²) in [7, 11) is -2.58. The minimum Gasteiger partial charge on any atom is -0.469 e. The Balaban J connectivity index is 3.23. The monoisotopic (exact) mass is 594 g/mol. The highest BCUT2D eigenvalue weighted by atomic mass is 28.4. The van der Waals surface area contributed by atoms with Gasteiger partial charge in [-0.15, -0.1) is 0 Å². The molecule has 5 nitrogen and oxygen atoms in total. The molecule has 1 rings (SSSR count). The van der Waals surface area contributed by atoms with E-state index in [1.807, 2.05) is 0 Å². The fourth-order valence-electron chi connectivity index (χ4n) is 4.50. The van der Waals surface area contributed by atoms with Gasteiger partial charge in [-0.05, 0) is 61.9 Å². The van der Waals surface area contributed by atoms with Crippen LogP contribution in [0.25, 0.3) is 0 Å². The summed E-state index contributed by atoms with van der Waals surface area (Å²) in [6.07, 6.45) is 15.5. The number of carbonyl (C=O) groups is 2. The Hall–Kier alpha value is -1.03. The number of esters is 1. The summed E-state index contributed by atoms with van der Waals surface area (Å²) >= 11 is 0. The maximum Gasteiger partial charge on any atom is 0.305 e. The van der Waals surface area contributed by atoms with Gasteiger partial charge >= 0.3 is 5.97 Å². The summed E-state index contributed by atoms with van der Waals surface area (Å²) in [6.45, 7) is 25.0. The van der Waals surface area contributed by atoms with Crippen LogP contribution in [0.2, 0.25) is 36.3 Å². The van der Waals surface area contributed by atoms with Crippen molar-refractivity contribution in [2.75, 3.05) is 7.11 Å². The normalized spacial score (nSPS) is 21.0. The zero-order chi connectivity index (χ0) is 30.8. The molecule has 1 saturated carbocycles. The predicted molar refractivity (Wildman–Crippen MR) is 174 cm³/mol. The second-order valence-electron chi connectivity index (χ2n) is 14.7. The second kappa shape index (κ2) is 16.0. The molecule has 0 saturated heterocycles. The minimum atomic E-state index is -2.06. The van der Waals surface area contributed by atoms with Gasteiger partial charge in [0.05, 0.1) is 19.3 Å². The first-order valence-corrected chi connectivity index (χ1v) is 21.5. The number of hydrogen-bond acceptors (Lipinski definition) is 5. The van der Waals surface area contributed by atoms with Crippen LogP contribution in [-0.2, 0) is 23.2 Å². The van der Waals surface area contributed by atoms with E-state index < -0.39 is 16.6 Å². The van der Waals surface area contributed by atoms with E-state index in [2.05, 4.69) is 92.9 Å². The zero-order valence-electron chi connectivity index (χ0n) is 28.1. The van der Waals surface area contributed by atoms with E-state index in [1.54, 1.807) is 0 Å². The molecule has 3 atom stereocenters. The lowest BCUT2D eigenvalue weighted by Gasteiger charge is -2.40. The molecule has 232 valence electrons. The van der Waals surface area contributed by atoms with E-state index in [4.69, 9.17) is 13.6 Å². The number of carbonyl (C=O) groups excluding carboxylic acids is 2. The number of ketones is 1. The second-order valence-corrected chi connectivity index (χ2v) is 24.2. The van der Waals surface area contributed by atoms with E-state index in [1.165, 1.54) is 20.0 Å². The molecule has 1 aliphatic rings. The molecule has 0 radical (unpaired) electrons. The number of unbranched alkanes of at least 4 members (excludes halogenated alkanes) is 5. The van der Waals surface area contributed by atoms with Crippen LogP contribution in [0.1, 0.15) is 113 Å². The summed E-state index contributed by atoms with van der Waals surface area (Å²) in [5.41, 5.74) is 0.896. The number of ether oxygens (including phenoxy) is 1. The SMILES string of the molecule is CCCCC[C@H](/C=C/[C@@H]1/C(=C\CCCCCC(=O)OC)C(=O)C[C@H]1O[Si](C)(C)C(C)(C)C)O[Si](C)(C)C(C)(C)C. The first-order chi connectivity index (χ1) is 18.4. The minimum absolute atomic E-state index is 0.0478. The molecule has 0 aromatic rings. The first-order valence-electron chi connectivity index (χ1n) is 15.7. The number of rotatable bonds is 16. The van der Waals surface area contributed by atoms with Crippen molar-refractivity contribution in [1.29, 1.82) is 0 Å². The van der Waals surface area contributed by atoms with Gasteiger partial charge in [0.2, 0.25) is 0 Å². The average molecular weight is 595 g/mol. The lowest BCUT2D eigenvalue weighted by atomic mass is 9.97. The Morgan fingerprint density at radius 3 is 2.12 bits per heavy atom. The van der Waals surface area contributed by atoms with Crippen LogP contribution in [0.3, 0.4) is 0 Å². The van der Waals surface area contributed by atoms with Crippen molar-refractivity contribution in [3.05, 3.63) is 23.8 Å². The average Bonchev–Trinajstić information content (AvgIpc) is 3.10. The Bertz CT molecular complexity index is 861. The van der Waals surface area contributed by atoms with Gasteiger partial charge in [-0.25, -0.2) is 0 Å². The molecule has 7 heteroatoms. The molecule has 0 heterocycles. The van der Waals surface area contributed by atoms with E-state index in [0.29, 0.717) is 12.8 Å². The lowest BCUT2D eigenvalue weighted by Crippen LogP contribution is -2.45. The molecule has 0 unspecified atom stereocenters. The van der Waals surface area contributed by atoms with E-state index in [0.717, 1.165) is 44.1 Å². The van der Waals surface area contributed by atoms with Gasteiger partial charge in [0.15, 0.2) is 22.4 Å². The van der Waals surface area contributed by atoms with Gasteiger partial charge in [-0.2, -0.15) is 0 Å². The number of allylic oxidation sites excluding steroid dienone is 1. The van der Waals surface area contributed by atoms with Crippen LogP contribution in [0.5, 0.6) is 0 Å². The third kappa shape index (κ3) is 11.7. The summed E-state index contributed by atoms with van der Waals surface area (Å²) in [6, 6.07) is 0. The summed E-state index contributed by atoms with van der Waals surface area (Å²) in [5.74, 6) is 0.00251. The molecule has 40 heavy (non-hydrogen) atoms. The van der Waals surface area contributed by atoms with E-state index in [-0.39, 0.29) is 40.0 Å². The Morgan fingerprint density at radius 1 is 0.950 bits per heavy atom. The molecule has 0 amide bonds. The van der Waals surface area contributed by atoms with Crippen LogP contribution >= 0.6 is 0 Å². The third-order valence-corrected chi connectivity index (χ3v) is 18.3. The quantitative estimate of drug-likeness (QED) is 0.0585. The highest BCUT2D eigenvalue weighted by molar-refractivity contribution is 6.74. The molecule has 0 aromatic heterocycles. The Labute approximate surface area is 249 Å². The standard InChI is InChI=1S/C33H62O5Si2/c1-13-14-17-20-26(37-39(9,10)32(2,3)4)23-24-28-27(21-18-15-16-19-22-31(35)36-8)29(34)25-30(28)38-40(11,12)33(5,6)7/h21,23-24,26,28,30H,13-20,22,25H2,1-12H3/b24-23+,27-21+/t26-,28-,30-/m1/s1. The predicted octanol–water partition coefficient (Wildman–Crippen LogP) is 9.54. The third-order valence-electron chi connectivity index (χ3n) is 9.27. The van der Waals surface area contributed by atoms with E-state index >= 15 is 0 Å². The maximum atomic E-state index is 13.3. The zero-order valence-corrected chi connectivity index (χ0v) is 30.1. The molecule has 1 aliphatic carbocycles. The van der Waals surface area contributed by atoms with Crippen LogP contribution < -0.4 is 0 Å². The van der Waals surface area contributed by atoms with E-state index in [9.17, 15) is 9.59 Å². The highest BCUT2D eigenvalue weighted by Crippen LogP contribution is 2.42. The van der Waals surface area contributed by atoms with Crippen molar-refractivity contribution >= 4 is 28.4 Å². The molecular weight excluding hydrogens is 533 g/mol. The largest absolute Gasteiger partial charge is 0.469 e. The van der Waals surface area contributed by atoms with Crippen molar-refractivity contribution in [2.45, 2.75) is 161 Å². The number of hydrogen-bond donors (Lipinski definition) is 0. The van der Waals surface area contributed by atoms with Crippen LogP contribution in [0.4, 0.5) is 0 Å². The molecular formula is C33H62O5Si2. The Morgan fingerprint density at radius 2 is 1.57 bits per heavy atom. The smallest absolute Gasteiger partial charge is 0.305 e. The van der Waals surface area contributed by atoms with Crippen LogP contribution in [0, 0.1) is 5.92 Å². The highest BCUT2D eigenvalue weighted by Gasteiger charge is 2.45. The number of methoxy groups -OCH3 is 1. The molecule has 0 N–H and O–H groups in total. The van der Waals surface area contributed by atoms with Crippen molar-refractivity contribution in [2.24, 2.45) is 5.92 Å². The molecule has 1 fully saturated rings. The number of Topliss-reactive ketones (excluding diaryl/α,β-unsaturated/α-hetero) is 1. The summed E-state index contributed by atoms with van der Waals surface area (Å²) < 4.78 is 18.5. The molecule has 0 aromatic carbocycles. The fourth-order valence-corrected chi connectivity index (χ4v) is 7.15. The van der Waals surface area contributed by atoms with Gasteiger partial charge in [0, 0.05) is 24.3 Å².